The van der Waals surface area contributed by atoms with E-state index in [1.54, 1.807) is 11.3 Å². The molecule has 20 heavy (non-hydrogen) atoms. The van der Waals surface area contributed by atoms with Gasteiger partial charge in [-0.1, -0.05) is 11.6 Å². The molecule has 1 aliphatic carbocycles. The van der Waals surface area contributed by atoms with Gasteiger partial charge in [0.15, 0.2) is 0 Å². The van der Waals surface area contributed by atoms with Crippen molar-refractivity contribution >= 4 is 11.3 Å². The number of hydrogen-bond acceptors (Lipinski definition) is 3. The predicted molar refractivity (Wildman–Crippen MR) is 82.8 cm³/mol. The number of aryl methyl sites for hydroxylation is 3. The van der Waals surface area contributed by atoms with Gasteiger partial charge in [-0.25, -0.2) is 0 Å². The monoisotopic (exact) mass is 288 g/mol. The second-order valence-corrected chi connectivity index (χ2v) is 6.50. The van der Waals surface area contributed by atoms with Crippen LogP contribution in [0.2, 0.25) is 0 Å². The van der Waals surface area contributed by atoms with Gasteiger partial charge in [-0.15, -0.1) is 11.3 Å². The van der Waals surface area contributed by atoms with Crippen LogP contribution in [0.25, 0.3) is 0 Å². The largest absolute Gasteiger partial charge is 0.493 e. The lowest BCUT2D eigenvalue weighted by Crippen LogP contribution is -2.03. The zero-order chi connectivity index (χ0) is 14.1. The third-order valence-corrected chi connectivity index (χ3v) is 5.08. The van der Waals surface area contributed by atoms with E-state index < -0.39 is 6.10 Å². The van der Waals surface area contributed by atoms with Crippen LogP contribution >= 0.6 is 11.3 Å². The fourth-order valence-electron chi connectivity index (χ4n) is 2.81. The van der Waals surface area contributed by atoms with Crippen LogP contribution in [0.3, 0.4) is 0 Å². The van der Waals surface area contributed by atoms with Gasteiger partial charge in [0.05, 0.1) is 6.61 Å². The lowest BCUT2D eigenvalue weighted by atomic mass is 10.0. The molecule has 1 heterocycles. The standard InChI is InChI=1S/C17H20O2S/c1-3-19-14-8-7-11(2)9-13(14)17(18)16-10-12-5-4-6-15(12)20-16/h7-10,17-18H,3-6H2,1-2H3. The maximum Gasteiger partial charge on any atom is 0.125 e. The maximum absolute atomic E-state index is 10.7. The molecule has 3 heteroatoms. The SMILES string of the molecule is CCOc1ccc(C)cc1C(O)c1cc2c(s1)CCC2. The van der Waals surface area contributed by atoms with E-state index in [1.807, 2.05) is 32.0 Å². The van der Waals surface area contributed by atoms with E-state index in [1.165, 1.54) is 23.3 Å². The Morgan fingerprint density at radius 2 is 2.15 bits per heavy atom. The number of ether oxygens (including phenoxy) is 1. The number of thiophene rings is 1. The van der Waals surface area contributed by atoms with Crippen molar-refractivity contribution in [3.63, 3.8) is 0 Å². The van der Waals surface area contributed by atoms with Gasteiger partial charge in [-0.3, -0.25) is 0 Å². The van der Waals surface area contributed by atoms with Crippen LogP contribution < -0.4 is 4.74 Å². The molecular weight excluding hydrogens is 268 g/mol. The average Bonchev–Trinajstić information content (AvgIpc) is 3.01. The fourth-order valence-corrected chi connectivity index (χ4v) is 4.07. The van der Waals surface area contributed by atoms with Crippen LogP contribution in [0.15, 0.2) is 24.3 Å². The molecule has 106 valence electrons. The molecule has 0 radical (unpaired) electrons. The van der Waals surface area contributed by atoms with Crippen LogP contribution in [0.1, 0.15) is 45.9 Å². The van der Waals surface area contributed by atoms with E-state index in [0.717, 1.165) is 28.2 Å². The smallest absolute Gasteiger partial charge is 0.125 e. The predicted octanol–water partition coefficient (Wildman–Crippen LogP) is 4.03. The number of hydrogen-bond donors (Lipinski definition) is 1. The summed E-state index contributed by atoms with van der Waals surface area (Å²) in [5.41, 5.74) is 3.45. The van der Waals surface area contributed by atoms with Crippen LogP contribution in [0.5, 0.6) is 5.75 Å². The molecule has 1 aromatic heterocycles. The Labute approximate surface area is 124 Å². The van der Waals surface area contributed by atoms with Gasteiger partial charge in [-0.05, 0) is 56.9 Å². The van der Waals surface area contributed by atoms with Gasteiger partial charge in [-0.2, -0.15) is 0 Å². The summed E-state index contributed by atoms with van der Waals surface area (Å²) in [4.78, 5) is 2.49. The van der Waals surface area contributed by atoms with Gasteiger partial charge in [0.25, 0.3) is 0 Å². The Balaban J connectivity index is 1.96. The molecule has 2 aromatic rings. The highest BCUT2D eigenvalue weighted by Crippen LogP contribution is 2.38. The number of aliphatic hydroxyl groups is 1. The summed E-state index contributed by atoms with van der Waals surface area (Å²) in [6.45, 7) is 4.62. The van der Waals surface area contributed by atoms with E-state index in [4.69, 9.17) is 4.74 Å². The zero-order valence-electron chi connectivity index (χ0n) is 12.0. The third-order valence-electron chi connectivity index (χ3n) is 3.79. The first kappa shape index (κ1) is 13.7. The number of benzene rings is 1. The molecule has 1 aromatic carbocycles. The maximum atomic E-state index is 10.7. The molecule has 1 N–H and O–H groups in total. The molecule has 2 nitrogen and oxygen atoms in total. The Morgan fingerprint density at radius 1 is 1.30 bits per heavy atom. The molecule has 0 spiro atoms. The van der Waals surface area contributed by atoms with Gasteiger partial charge < -0.3 is 9.84 Å². The fraction of sp³-hybridized carbons (Fsp3) is 0.412. The van der Waals surface area contributed by atoms with Crippen LogP contribution in [-0.4, -0.2) is 11.7 Å². The van der Waals surface area contributed by atoms with Crippen molar-refractivity contribution in [2.75, 3.05) is 6.61 Å². The summed E-state index contributed by atoms with van der Waals surface area (Å²) >= 11 is 1.75. The lowest BCUT2D eigenvalue weighted by molar-refractivity contribution is 0.215. The summed E-state index contributed by atoms with van der Waals surface area (Å²) in [6.07, 6.45) is 3.00. The van der Waals surface area contributed by atoms with Gasteiger partial charge in [0, 0.05) is 15.3 Å². The molecule has 0 amide bonds. The van der Waals surface area contributed by atoms with E-state index in [9.17, 15) is 5.11 Å². The van der Waals surface area contributed by atoms with Crippen molar-refractivity contribution < 1.29 is 9.84 Å². The molecule has 0 fully saturated rings. The summed E-state index contributed by atoms with van der Waals surface area (Å²) in [5, 5.41) is 10.7. The normalized spacial score (nSPS) is 15.2. The molecule has 0 saturated carbocycles. The second-order valence-electron chi connectivity index (χ2n) is 5.33. The average molecular weight is 288 g/mol. The van der Waals surface area contributed by atoms with Crippen LogP contribution in [-0.2, 0) is 12.8 Å². The second kappa shape index (κ2) is 5.58. The highest BCUT2D eigenvalue weighted by Gasteiger charge is 2.22. The van der Waals surface area contributed by atoms with Crippen molar-refractivity contribution in [1.82, 2.24) is 0 Å². The summed E-state index contributed by atoms with van der Waals surface area (Å²) < 4.78 is 5.66. The Bertz CT molecular complexity index is 594. The summed E-state index contributed by atoms with van der Waals surface area (Å²) in [5.74, 6) is 0.791. The highest BCUT2D eigenvalue weighted by atomic mass is 32.1. The highest BCUT2D eigenvalue weighted by molar-refractivity contribution is 7.12. The Hall–Kier alpha value is -1.32. The molecule has 1 atom stereocenters. The third kappa shape index (κ3) is 2.48. The molecule has 0 bridgehead atoms. The number of rotatable bonds is 4. The zero-order valence-corrected chi connectivity index (χ0v) is 12.8. The van der Waals surface area contributed by atoms with Crippen molar-refractivity contribution in [3.05, 3.63) is 50.7 Å². The van der Waals surface area contributed by atoms with Crippen molar-refractivity contribution in [2.24, 2.45) is 0 Å². The first-order valence-corrected chi connectivity index (χ1v) is 8.03. The van der Waals surface area contributed by atoms with E-state index in [-0.39, 0.29) is 0 Å². The summed E-state index contributed by atoms with van der Waals surface area (Å²) in [6, 6.07) is 8.19. The molecule has 0 saturated heterocycles. The topological polar surface area (TPSA) is 29.5 Å². The van der Waals surface area contributed by atoms with E-state index in [0.29, 0.717) is 6.61 Å². The lowest BCUT2D eigenvalue weighted by Gasteiger charge is -2.15. The molecule has 1 aliphatic rings. The summed E-state index contributed by atoms with van der Waals surface area (Å²) in [7, 11) is 0. The van der Waals surface area contributed by atoms with Gasteiger partial charge in [0.1, 0.15) is 11.9 Å². The van der Waals surface area contributed by atoms with Crippen molar-refractivity contribution in [2.45, 2.75) is 39.2 Å². The Kier molecular flexibility index (Phi) is 3.81. The van der Waals surface area contributed by atoms with E-state index in [2.05, 4.69) is 6.07 Å². The van der Waals surface area contributed by atoms with Crippen LogP contribution in [0.4, 0.5) is 0 Å². The molecule has 1 unspecified atom stereocenters. The molecular formula is C17H20O2S. The minimum absolute atomic E-state index is 0.577. The van der Waals surface area contributed by atoms with Crippen molar-refractivity contribution in [1.29, 1.82) is 0 Å². The molecule has 3 rings (SSSR count). The number of aliphatic hydroxyl groups excluding tert-OH is 1. The minimum atomic E-state index is -0.577. The van der Waals surface area contributed by atoms with E-state index >= 15 is 0 Å². The molecule has 0 aliphatic heterocycles. The van der Waals surface area contributed by atoms with Gasteiger partial charge >= 0.3 is 0 Å². The quantitative estimate of drug-likeness (QED) is 0.920. The van der Waals surface area contributed by atoms with Gasteiger partial charge in [0.2, 0.25) is 0 Å². The van der Waals surface area contributed by atoms with Crippen LogP contribution in [0, 0.1) is 6.92 Å². The van der Waals surface area contributed by atoms with Crippen molar-refractivity contribution in [3.8, 4) is 5.75 Å². The minimum Gasteiger partial charge on any atom is -0.493 e. The first-order chi connectivity index (χ1) is 9.69. The first-order valence-electron chi connectivity index (χ1n) is 7.22. The Morgan fingerprint density at radius 3 is 2.90 bits per heavy atom. The number of fused-ring (bicyclic) bond motifs is 1.